The number of hydrogen-bond acceptors (Lipinski definition) is 2. The van der Waals surface area contributed by atoms with Gasteiger partial charge in [-0.25, -0.2) is 0 Å². The third-order valence-corrected chi connectivity index (χ3v) is 3.92. The third-order valence-electron chi connectivity index (χ3n) is 3.92. The van der Waals surface area contributed by atoms with Crippen molar-refractivity contribution in [1.29, 1.82) is 0 Å². The summed E-state index contributed by atoms with van der Waals surface area (Å²) in [4.78, 5) is 2.07. The van der Waals surface area contributed by atoms with Crippen LogP contribution in [0.4, 0.5) is 0 Å². The Morgan fingerprint density at radius 3 is 2.17 bits per heavy atom. The lowest BCUT2D eigenvalue weighted by atomic mass is 10.0. The molecule has 0 aliphatic rings. The second-order valence-electron chi connectivity index (χ2n) is 5.94. The predicted molar refractivity (Wildman–Crippen MR) is 99.9 cm³/mol. The molecule has 0 amide bonds. The van der Waals surface area contributed by atoms with E-state index in [4.69, 9.17) is 0 Å². The fourth-order valence-electron chi connectivity index (χ4n) is 2.41. The first-order valence-corrected chi connectivity index (χ1v) is 8.12. The molecular weight excluding hydrogens is 282 g/mol. The zero-order chi connectivity index (χ0) is 17.4. The lowest BCUT2D eigenvalue weighted by Gasteiger charge is -2.31. The molecule has 0 heterocycles. The Balaban J connectivity index is 3.25. The first-order chi connectivity index (χ1) is 10.9. The number of allylic oxidation sites excluding steroid dienone is 3. The topological polar surface area (TPSA) is 23.5 Å². The molecule has 0 radical (unpaired) electrons. The molecule has 2 heteroatoms. The fraction of sp³-hybridized carbons (Fsp3) is 0.333. The molecule has 0 saturated heterocycles. The maximum absolute atomic E-state index is 10.2. The maximum atomic E-state index is 10.2. The molecule has 0 unspecified atom stereocenters. The Hall–Kier alpha value is -2.22. The molecule has 0 aliphatic carbocycles. The van der Waals surface area contributed by atoms with E-state index in [1.807, 2.05) is 32.0 Å². The van der Waals surface area contributed by atoms with E-state index in [0.717, 1.165) is 36.1 Å². The van der Waals surface area contributed by atoms with E-state index >= 15 is 0 Å². The molecule has 0 spiro atoms. The van der Waals surface area contributed by atoms with Crippen molar-refractivity contribution < 1.29 is 5.11 Å². The summed E-state index contributed by atoms with van der Waals surface area (Å²) in [5, 5.41) is 10.2. The molecular formula is C21H29NO. The van der Waals surface area contributed by atoms with E-state index in [-0.39, 0.29) is 5.76 Å². The van der Waals surface area contributed by atoms with E-state index in [1.165, 1.54) is 5.56 Å². The molecule has 2 nitrogen and oxygen atoms in total. The summed E-state index contributed by atoms with van der Waals surface area (Å²) in [6.07, 6.45) is 3.07. The number of benzene rings is 1. The quantitative estimate of drug-likeness (QED) is 0.439. The highest BCUT2D eigenvalue weighted by atomic mass is 16.3. The van der Waals surface area contributed by atoms with Crippen LogP contribution < -0.4 is 0 Å². The molecule has 0 atom stereocenters. The first kappa shape index (κ1) is 18.8. The highest BCUT2D eigenvalue weighted by molar-refractivity contribution is 5.39. The van der Waals surface area contributed by atoms with Gasteiger partial charge < -0.3 is 10.0 Å². The van der Waals surface area contributed by atoms with Crippen molar-refractivity contribution in [3.8, 4) is 0 Å². The van der Waals surface area contributed by atoms with Crippen molar-refractivity contribution >= 4 is 0 Å². The second-order valence-corrected chi connectivity index (χ2v) is 5.94. The Kier molecular flexibility index (Phi) is 7.40. The van der Waals surface area contributed by atoms with Crippen LogP contribution in [0.5, 0.6) is 0 Å². The van der Waals surface area contributed by atoms with Crippen molar-refractivity contribution in [3.63, 3.8) is 0 Å². The lowest BCUT2D eigenvalue weighted by Crippen LogP contribution is -2.24. The predicted octanol–water partition coefficient (Wildman–Crippen LogP) is 6.11. The van der Waals surface area contributed by atoms with E-state index < -0.39 is 0 Å². The van der Waals surface area contributed by atoms with Crippen LogP contribution in [0.15, 0.2) is 78.4 Å². The van der Waals surface area contributed by atoms with Gasteiger partial charge in [0.2, 0.25) is 0 Å². The van der Waals surface area contributed by atoms with Gasteiger partial charge in [0.1, 0.15) is 5.76 Å². The lowest BCUT2D eigenvalue weighted by molar-refractivity contribution is 0.337. The molecule has 23 heavy (non-hydrogen) atoms. The standard InChI is InChI=1S/C21H29NO/c1-7-8-12-17(4)22(15-20-13-10-9-11-14-20)21(19(6)23)18(5)16(2)3/h9-11,13-14,23H,2,4,6-8,12,15H2,1,3,5H3/b21-18+. The van der Waals surface area contributed by atoms with Gasteiger partial charge in [0.05, 0.1) is 5.70 Å². The largest absolute Gasteiger partial charge is 0.506 e. The summed E-state index contributed by atoms with van der Waals surface area (Å²) >= 11 is 0. The van der Waals surface area contributed by atoms with Crippen molar-refractivity contribution in [1.82, 2.24) is 4.90 Å². The zero-order valence-corrected chi connectivity index (χ0v) is 14.7. The number of aliphatic hydroxyl groups is 1. The average Bonchev–Trinajstić information content (AvgIpc) is 2.52. The molecule has 124 valence electrons. The van der Waals surface area contributed by atoms with Crippen LogP contribution in [0.3, 0.4) is 0 Å². The molecule has 1 N–H and O–H groups in total. The summed E-state index contributed by atoms with van der Waals surface area (Å²) in [6.45, 7) is 18.7. The van der Waals surface area contributed by atoms with Crippen molar-refractivity contribution in [2.24, 2.45) is 0 Å². The molecule has 0 saturated carbocycles. The van der Waals surface area contributed by atoms with Crippen LogP contribution in [0.25, 0.3) is 0 Å². The fourth-order valence-corrected chi connectivity index (χ4v) is 2.41. The number of nitrogens with zero attached hydrogens (tertiary/aromatic N) is 1. The molecule has 0 aliphatic heterocycles. The highest BCUT2D eigenvalue weighted by Gasteiger charge is 2.19. The van der Waals surface area contributed by atoms with E-state index in [2.05, 4.69) is 43.7 Å². The monoisotopic (exact) mass is 311 g/mol. The normalized spacial score (nSPS) is 11.6. The van der Waals surface area contributed by atoms with Gasteiger partial charge in [0.15, 0.2) is 0 Å². The summed E-state index contributed by atoms with van der Waals surface area (Å²) in [6, 6.07) is 10.2. The zero-order valence-electron chi connectivity index (χ0n) is 14.7. The van der Waals surface area contributed by atoms with Gasteiger partial charge in [-0.15, -0.1) is 0 Å². The van der Waals surface area contributed by atoms with Gasteiger partial charge in [-0.3, -0.25) is 0 Å². The van der Waals surface area contributed by atoms with Gasteiger partial charge in [0, 0.05) is 12.2 Å². The minimum Gasteiger partial charge on any atom is -0.506 e. The van der Waals surface area contributed by atoms with E-state index in [9.17, 15) is 5.11 Å². The van der Waals surface area contributed by atoms with Crippen LogP contribution in [0, 0.1) is 0 Å². The SMILES string of the molecule is C=C(C)/C(C)=C(\C(=C)O)N(Cc1ccccc1)C(=C)CCCC. The number of hydrogen-bond donors (Lipinski definition) is 1. The van der Waals surface area contributed by atoms with Crippen LogP contribution >= 0.6 is 0 Å². The number of rotatable bonds is 9. The highest BCUT2D eigenvalue weighted by Crippen LogP contribution is 2.28. The van der Waals surface area contributed by atoms with Crippen LogP contribution in [-0.2, 0) is 6.54 Å². The minimum absolute atomic E-state index is 0.0547. The molecule has 1 aromatic rings. The van der Waals surface area contributed by atoms with Crippen LogP contribution in [-0.4, -0.2) is 10.0 Å². The van der Waals surface area contributed by atoms with Gasteiger partial charge >= 0.3 is 0 Å². The molecule has 0 aromatic heterocycles. The molecule has 0 fully saturated rings. The van der Waals surface area contributed by atoms with Crippen molar-refractivity contribution in [2.45, 2.75) is 46.6 Å². The second kappa shape index (κ2) is 9.04. The summed E-state index contributed by atoms with van der Waals surface area (Å²) < 4.78 is 0. The molecule has 1 aromatic carbocycles. The van der Waals surface area contributed by atoms with Gasteiger partial charge in [0.25, 0.3) is 0 Å². The first-order valence-electron chi connectivity index (χ1n) is 8.12. The Morgan fingerprint density at radius 1 is 1.09 bits per heavy atom. The third kappa shape index (κ3) is 5.48. The summed E-state index contributed by atoms with van der Waals surface area (Å²) in [5.41, 5.74) is 4.71. The molecule has 1 rings (SSSR count). The van der Waals surface area contributed by atoms with Crippen LogP contribution in [0.2, 0.25) is 0 Å². The number of unbranched alkanes of at least 4 members (excludes halogenated alkanes) is 1. The Labute approximate surface area is 141 Å². The number of aliphatic hydroxyl groups excluding tert-OH is 1. The minimum atomic E-state index is 0.0547. The van der Waals surface area contributed by atoms with Gasteiger partial charge in [-0.1, -0.05) is 69.0 Å². The van der Waals surface area contributed by atoms with Crippen molar-refractivity contribution in [2.75, 3.05) is 0 Å². The van der Waals surface area contributed by atoms with E-state index in [1.54, 1.807) is 0 Å². The summed E-state index contributed by atoms with van der Waals surface area (Å²) in [7, 11) is 0. The van der Waals surface area contributed by atoms with Crippen molar-refractivity contribution in [3.05, 3.63) is 83.9 Å². The maximum Gasteiger partial charge on any atom is 0.132 e. The average molecular weight is 311 g/mol. The van der Waals surface area contributed by atoms with Crippen LogP contribution in [0.1, 0.15) is 45.6 Å². The molecule has 0 bridgehead atoms. The Bertz CT molecular complexity index is 596. The van der Waals surface area contributed by atoms with E-state index in [0.29, 0.717) is 12.2 Å². The summed E-state index contributed by atoms with van der Waals surface area (Å²) in [5.74, 6) is 0.0547. The van der Waals surface area contributed by atoms with Gasteiger partial charge in [-0.2, -0.15) is 0 Å². The van der Waals surface area contributed by atoms with Gasteiger partial charge in [-0.05, 0) is 37.8 Å². The Morgan fingerprint density at radius 2 is 1.70 bits per heavy atom. The smallest absolute Gasteiger partial charge is 0.132 e.